The molecule has 29 heavy (non-hydrogen) atoms. The highest BCUT2D eigenvalue weighted by molar-refractivity contribution is 5.94. The van der Waals surface area contributed by atoms with Gasteiger partial charge >= 0.3 is 0 Å². The summed E-state index contributed by atoms with van der Waals surface area (Å²) in [6.07, 6.45) is 0.959. The largest absolute Gasteiger partial charge is 0.550 e. The molecule has 2 atom stereocenters. The van der Waals surface area contributed by atoms with E-state index in [9.17, 15) is 14.7 Å². The van der Waals surface area contributed by atoms with Crippen LogP contribution in [0, 0.1) is 30.6 Å². The Morgan fingerprint density at radius 2 is 1.72 bits per heavy atom. The molecule has 0 unspecified atom stereocenters. The summed E-state index contributed by atoms with van der Waals surface area (Å²) < 4.78 is 5.95. The van der Waals surface area contributed by atoms with Crippen molar-refractivity contribution >= 4 is 17.6 Å². The van der Waals surface area contributed by atoms with Gasteiger partial charge in [-0.15, -0.1) is 0 Å². The quantitative estimate of drug-likeness (QED) is 0.823. The molecule has 154 valence electrons. The van der Waals surface area contributed by atoms with E-state index >= 15 is 0 Å². The average Bonchev–Trinajstić information content (AvgIpc) is 2.91. The summed E-state index contributed by atoms with van der Waals surface area (Å²) in [5, 5.41) is 14.6. The number of amides is 1. The molecular formula is C24H28NO4-. The normalized spacial score (nSPS) is 22.9. The van der Waals surface area contributed by atoms with E-state index in [1.807, 2.05) is 58.0 Å². The molecule has 1 amide bonds. The van der Waals surface area contributed by atoms with E-state index in [4.69, 9.17) is 4.74 Å². The van der Waals surface area contributed by atoms with Crippen LogP contribution in [0.25, 0.3) is 0 Å². The Morgan fingerprint density at radius 3 is 2.31 bits per heavy atom. The highest BCUT2D eigenvalue weighted by Gasteiger charge is 2.54. The van der Waals surface area contributed by atoms with Gasteiger partial charge in [-0.3, -0.25) is 4.79 Å². The van der Waals surface area contributed by atoms with Crippen molar-refractivity contribution in [3.05, 3.63) is 53.6 Å². The van der Waals surface area contributed by atoms with Crippen LogP contribution in [-0.2, 0) is 9.59 Å². The van der Waals surface area contributed by atoms with E-state index < -0.39 is 22.7 Å². The maximum Gasteiger partial charge on any atom is 0.228 e. The number of aliphatic carboxylic acids is 1. The van der Waals surface area contributed by atoms with Crippen molar-refractivity contribution < 1.29 is 19.4 Å². The van der Waals surface area contributed by atoms with Gasteiger partial charge in [-0.2, -0.15) is 0 Å². The molecule has 2 aromatic carbocycles. The number of carbonyl (C=O) groups is 2. The number of benzene rings is 2. The van der Waals surface area contributed by atoms with Crippen molar-refractivity contribution in [1.29, 1.82) is 0 Å². The Bertz CT molecular complexity index is 932. The van der Waals surface area contributed by atoms with E-state index in [1.54, 1.807) is 19.1 Å². The summed E-state index contributed by atoms with van der Waals surface area (Å²) in [4.78, 5) is 24.5. The minimum absolute atomic E-state index is 0.164. The van der Waals surface area contributed by atoms with Gasteiger partial charge in [-0.25, -0.2) is 0 Å². The summed E-state index contributed by atoms with van der Waals surface area (Å²) in [6, 6.07) is 13.1. The predicted molar refractivity (Wildman–Crippen MR) is 111 cm³/mol. The molecule has 0 spiro atoms. The summed E-state index contributed by atoms with van der Waals surface area (Å²) >= 11 is 0. The van der Waals surface area contributed by atoms with Crippen LogP contribution in [0.4, 0.5) is 5.69 Å². The number of nitrogens with one attached hydrogen (secondary N) is 1. The highest BCUT2D eigenvalue weighted by atomic mass is 16.5. The van der Waals surface area contributed by atoms with Gasteiger partial charge in [-0.05, 0) is 73.6 Å². The Kier molecular flexibility index (Phi) is 5.44. The molecule has 0 aliphatic heterocycles. The van der Waals surface area contributed by atoms with Crippen molar-refractivity contribution in [1.82, 2.24) is 0 Å². The van der Waals surface area contributed by atoms with Crippen LogP contribution in [0.3, 0.4) is 0 Å². The van der Waals surface area contributed by atoms with Gasteiger partial charge in [0, 0.05) is 23.0 Å². The third kappa shape index (κ3) is 3.74. The summed E-state index contributed by atoms with van der Waals surface area (Å²) in [5.41, 5.74) is 1.19. The number of ether oxygens (including phenoxy) is 1. The first kappa shape index (κ1) is 20.9. The fraction of sp³-hybridized carbons (Fsp3) is 0.417. The van der Waals surface area contributed by atoms with Crippen LogP contribution in [0.5, 0.6) is 11.5 Å². The Hall–Kier alpha value is -2.82. The number of carboxylic acids is 1. The molecule has 1 N–H and O–H groups in total. The number of hydrogen-bond donors (Lipinski definition) is 1. The minimum Gasteiger partial charge on any atom is -0.550 e. The molecule has 1 aliphatic rings. The van der Waals surface area contributed by atoms with Crippen molar-refractivity contribution in [2.45, 2.75) is 47.5 Å². The number of carboxylic acid groups (broad SMARTS) is 1. The van der Waals surface area contributed by atoms with E-state index in [0.717, 1.165) is 16.9 Å². The lowest BCUT2D eigenvalue weighted by molar-refractivity contribution is -0.323. The zero-order valence-corrected chi connectivity index (χ0v) is 17.7. The number of anilines is 1. The first-order valence-electron chi connectivity index (χ1n) is 9.93. The molecule has 2 aromatic rings. The zero-order valence-electron chi connectivity index (χ0n) is 17.7. The van der Waals surface area contributed by atoms with Crippen LogP contribution in [0.15, 0.2) is 42.5 Å². The maximum absolute atomic E-state index is 12.8. The predicted octanol–water partition coefficient (Wildman–Crippen LogP) is 4.23. The third-order valence-electron chi connectivity index (χ3n) is 6.90. The molecular weight excluding hydrogens is 366 g/mol. The second-order valence-electron chi connectivity index (χ2n) is 8.75. The van der Waals surface area contributed by atoms with Gasteiger partial charge in [0.15, 0.2) is 0 Å². The van der Waals surface area contributed by atoms with Gasteiger partial charge in [0.2, 0.25) is 5.91 Å². The second kappa shape index (κ2) is 7.54. The van der Waals surface area contributed by atoms with E-state index in [1.165, 1.54) is 0 Å². The molecule has 5 heteroatoms. The van der Waals surface area contributed by atoms with Gasteiger partial charge in [0.05, 0.1) is 0 Å². The number of rotatable bonds is 5. The van der Waals surface area contributed by atoms with Gasteiger partial charge in [0.25, 0.3) is 0 Å². The molecule has 0 saturated heterocycles. The minimum atomic E-state index is -1.09. The van der Waals surface area contributed by atoms with E-state index in [-0.39, 0.29) is 5.91 Å². The molecule has 0 bridgehead atoms. The van der Waals surface area contributed by atoms with Crippen molar-refractivity contribution in [3.63, 3.8) is 0 Å². The maximum atomic E-state index is 12.8. The van der Waals surface area contributed by atoms with Crippen LogP contribution < -0.4 is 15.2 Å². The lowest BCUT2D eigenvalue weighted by atomic mass is 9.65. The molecule has 3 rings (SSSR count). The number of carbonyl (C=O) groups excluding carboxylic acids is 2. The van der Waals surface area contributed by atoms with E-state index in [2.05, 4.69) is 5.32 Å². The molecule has 0 heterocycles. The Labute approximate surface area is 172 Å². The first-order valence-corrected chi connectivity index (χ1v) is 9.93. The second-order valence-corrected chi connectivity index (χ2v) is 8.75. The summed E-state index contributed by atoms with van der Waals surface area (Å²) in [6.45, 7) is 9.40. The smallest absolute Gasteiger partial charge is 0.228 e. The van der Waals surface area contributed by atoms with E-state index in [0.29, 0.717) is 24.3 Å². The average molecular weight is 394 g/mol. The van der Waals surface area contributed by atoms with Crippen LogP contribution >= 0.6 is 0 Å². The fourth-order valence-electron chi connectivity index (χ4n) is 4.12. The molecule has 0 radical (unpaired) electrons. The molecule has 1 fully saturated rings. The zero-order chi connectivity index (χ0) is 21.4. The Morgan fingerprint density at radius 1 is 1.07 bits per heavy atom. The number of hydrogen-bond acceptors (Lipinski definition) is 4. The van der Waals surface area contributed by atoms with Crippen LogP contribution in [-0.4, -0.2) is 11.9 Å². The topological polar surface area (TPSA) is 78.5 Å². The van der Waals surface area contributed by atoms with Crippen molar-refractivity contribution in [3.8, 4) is 11.5 Å². The Balaban J connectivity index is 1.69. The van der Waals surface area contributed by atoms with Gasteiger partial charge in [-0.1, -0.05) is 32.9 Å². The lowest BCUT2D eigenvalue weighted by Gasteiger charge is -2.41. The fourth-order valence-corrected chi connectivity index (χ4v) is 4.12. The molecule has 5 nitrogen and oxygen atoms in total. The number of aryl methyl sites for hydroxylation is 1. The SMILES string of the molecule is Cc1cccc(Oc2ccc(NC(=O)[C@H]3CC[C@@](C)(C(=O)[O-])C3(C)C)cc2)c1C. The van der Waals surface area contributed by atoms with Crippen LogP contribution in [0.2, 0.25) is 0 Å². The van der Waals surface area contributed by atoms with Gasteiger partial charge in [0.1, 0.15) is 11.5 Å². The van der Waals surface area contributed by atoms with Crippen molar-refractivity contribution in [2.75, 3.05) is 5.32 Å². The van der Waals surface area contributed by atoms with Gasteiger partial charge < -0.3 is 20.0 Å². The van der Waals surface area contributed by atoms with Crippen LogP contribution in [0.1, 0.15) is 44.7 Å². The lowest BCUT2D eigenvalue weighted by Crippen LogP contribution is -2.49. The standard InChI is InChI=1S/C24H29NO4/c1-15-7-6-8-20(16(15)2)29-18-11-9-17(10-12-18)25-21(26)19-13-14-24(5,22(27)28)23(19,3)4/h6-12,19H,13-14H2,1-5H3,(H,25,26)(H,27,28)/p-1/t19-,24+/m1/s1. The molecule has 1 aliphatic carbocycles. The molecule has 1 saturated carbocycles. The summed E-state index contributed by atoms with van der Waals surface area (Å²) in [7, 11) is 0. The summed E-state index contributed by atoms with van der Waals surface area (Å²) in [5.74, 6) is -0.163. The molecule has 0 aromatic heterocycles. The highest BCUT2D eigenvalue weighted by Crippen LogP contribution is 2.55. The third-order valence-corrected chi connectivity index (χ3v) is 6.90. The van der Waals surface area contributed by atoms with Crippen molar-refractivity contribution in [2.24, 2.45) is 16.7 Å². The first-order chi connectivity index (χ1) is 13.6. The monoisotopic (exact) mass is 394 g/mol.